The van der Waals surface area contributed by atoms with E-state index in [1.807, 2.05) is 0 Å². The zero-order valence-corrected chi connectivity index (χ0v) is 9.92. The summed E-state index contributed by atoms with van der Waals surface area (Å²) < 4.78 is 10.5. The summed E-state index contributed by atoms with van der Waals surface area (Å²) in [6.45, 7) is 0. The van der Waals surface area contributed by atoms with Gasteiger partial charge in [0.05, 0.1) is 12.7 Å². The van der Waals surface area contributed by atoms with E-state index in [9.17, 15) is 0 Å². The smallest absolute Gasteiger partial charge is 0.251 e. The number of nitrogens with zero attached hydrogens (tertiary/aromatic N) is 2. The largest absolute Gasteiger partial charge is 0.496 e. The Morgan fingerprint density at radius 1 is 1.38 bits per heavy atom. The maximum atomic E-state index is 5.85. The topological polar surface area (TPSA) is 48.2 Å². The van der Waals surface area contributed by atoms with Gasteiger partial charge in [0.15, 0.2) is 0 Å². The minimum Gasteiger partial charge on any atom is -0.496 e. The third-order valence-electron chi connectivity index (χ3n) is 1.98. The number of benzene rings is 1. The fourth-order valence-electron chi connectivity index (χ4n) is 1.26. The van der Waals surface area contributed by atoms with Gasteiger partial charge in [-0.2, -0.15) is 0 Å². The van der Waals surface area contributed by atoms with E-state index in [1.54, 1.807) is 25.3 Å². The van der Waals surface area contributed by atoms with Crippen LogP contribution < -0.4 is 4.74 Å². The van der Waals surface area contributed by atoms with Crippen LogP contribution in [-0.4, -0.2) is 17.3 Å². The van der Waals surface area contributed by atoms with Crippen LogP contribution in [0.5, 0.6) is 5.75 Å². The number of halogens is 2. The van der Waals surface area contributed by atoms with Crippen LogP contribution in [0.4, 0.5) is 0 Å². The average molecular weight is 259 g/mol. The quantitative estimate of drug-likeness (QED) is 0.794. The van der Waals surface area contributed by atoms with Crippen LogP contribution in [0.3, 0.4) is 0 Å². The van der Waals surface area contributed by atoms with Crippen molar-refractivity contribution in [3.8, 4) is 17.2 Å². The molecule has 0 N–H and O–H groups in total. The Morgan fingerprint density at radius 2 is 2.19 bits per heavy atom. The lowest BCUT2D eigenvalue weighted by Crippen LogP contribution is -1.87. The van der Waals surface area contributed by atoms with E-state index in [4.69, 9.17) is 32.4 Å². The molecule has 0 bridgehead atoms. The van der Waals surface area contributed by atoms with Crippen LogP contribution in [0.1, 0.15) is 5.89 Å². The average Bonchev–Trinajstić information content (AvgIpc) is 2.77. The highest BCUT2D eigenvalue weighted by molar-refractivity contribution is 6.30. The third-order valence-corrected chi connectivity index (χ3v) is 2.44. The van der Waals surface area contributed by atoms with Gasteiger partial charge in [-0.25, -0.2) is 0 Å². The summed E-state index contributed by atoms with van der Waals surface area (Å²) >= 11 is 11.4. The number of alkyl halides is 1. The van der Waals surface area contributed by atoms with Crippen molar-refractivity contribution in [1.82, 2.24) is 10.2 Å². The Bertz CT molecular complexity index is 499. The Labute approximate surface area is 102 Å². The standard InChI is InChI=1S/C10H8Cl2N2O2/c1-15-8-4-6(12)2-3-7(8)10-14-13-9(5-11)16-10/h2-4H,5H2,1H3. The molecule has 2 aromatic rings. The summed E-state index contributed by atoms with van der Waals surface area (Å²) in [5, 5.41) is 8.22. The van der Waals surface area contributed by atoms with Crippen molar-refractivity contribution < 1.29 is 9.15 Å². The second-order valence-corrected chi connectivity index (χ2v) is 3.68. The van der Waals surface area contributed by atoms with E-state index < -0.39 is 0 Å². The summed E-state index contributed by atoms with van der Waals surface area (Å²) in [5.74, 6) is 1.50. The summed E-state index contributed by atoms with van der Waals surface area (Å²) in [5.41, 5.74) is 0.691. The molecule has 0 saturated carbocycles. The second-order valence-electron chi connectivity index (χ2n) is 2.98. The van der Waals surface area contributed by atoms with Crippen molar-refractivity contribution in [2.24, 2.45) is 0 Å². The lowest BCUT2D eigenvalue weighted by molar-refractivity contribution is 0.414. The van der Waals surface area contributed by atoms with Crippen molar-refractivity contribution in [2.75, 3.05) is 7.11 Å². The van der Waals surface area contributed by atoms with E-state index in [0.717, 1.165) is 0 Å². The molecule has 1 aromatic carbocycles. The van der Waals surface area contributed by atoms with E-state index in [2.05, 4.69) is 10.2 Å². The Kier molecular flexibility index (Phi) is 3.31. The van der Waals surface area contributed by atoms with Crippen LogP contribution in [0.25, 0.3) is 11.5 Å². The maximum absolute atomic E-state index is 5.85. The lowest BCUT2D eigenvalue weighted by Gasteiger charge is -2.04. The van der Waals surface area contributed by atoms with E-state index in [1.165, 1.54) is 0 Å². The zero-order chi connectivity index (χ0) is 11.5. The molecule has 0 aliphatic heterocycles. The first kappa shape index (κ1) is 11.2. The number of methoxy groups -OCH3 is 1. The van der Waals surface area contributed by atoms with Crippen LogP contribution in [0, 0.1) is 0 Å². The van der Waals surface area contributed by atoms with Gasteiger partial charge >= 0.3 is 0 Å². The van der Waals surface area contributed by atoms with Crippen LogP contribution in [0.2, 0.25) is 5.02 Å². The number of rotatable bonds is 3. The first-order chi connectivity index (χ1) is 7.74. The molecule has 0 amide bonds. The summed E-state index contributed by atoms with van der Waals surface area (Å²) in [7, 11) is 1.55. The number of aromatic nitrogens is 2. The number of hydrogen-bond acceptors (Lipinski definition) is 4. The fourth-order valence-corrected chi connectivity index (χ4v) is 1.53. The molecular weight excluding hydrogens is 251 g/mol. The molecule has 0 fully saturated rings. The SMILES string of the molecule is COc1cc(Cl)ccc1-c1nnc(CCl)o1. The maximum Gasteiger partial charge on any atom is 0.251 e. The van der Waals surface area contributed by atoms with Gasteiger partial charge < -0.3 is 9.15 Å². The fraction of sp³-hybridized carbons (Fsp3) is 0.200. The minimum absolute atomic E-state index is 0.183. The van der Waals surface area contributed by atoms with Gasteiger partial charge in [0.1, 0.15) is 11.6 Å². The van der Waals surface area contributed by atoms with E-state index in [-0.39, 0.29) is 5.88 Å². The Morgan fingerprint density at radius 3 is 2.81 bits per heavy atom. The number of ether oxygens (including phenoxy) is 1. The molecule has 16 heavy (non-hydrogen) atoms. The molecule has 0 aliphatic rings. The minimum atomic E-state index is 0.183. The van der Waals surface area contributed by atoms with Gasteiger partial charge in [0, 0.05) is 5.02 Å². The van der Waals surface area contributed by atoms with Crippen LogP contribution >= 0.6 is 23.2 Å². The molecule has 0 radical (unpaired) electrons. The van der Waals surface area contributed by atoms with Crippen LogP contribution in [-0.2, 0) is 5.88 Å². The van der Waals surface area contributed by atoms with Gasteiger partial charge in [-0.15, -0.1) is 21.8 Å². The van der Waals surface area contributed by atoms with Crippen molar-refractivity contribution in [2.45, 2.75) is 5.88 Å². The molecule has 2 rings (SSSR count). The van der Waals surface area contributed by atoms with E-state index in [0.29, 0.717) is 28.1 Å². The molecule has 0 atom stereocenters. The second kappa shape index (κ2) is 4.72. The molecule has 0 saturated heterocycles. The van der Waals surface area contributed by atoms with Crippen LogP contribution in [0.15, 0.2) is 22.6 Å². The molecule has 4 nitrogen and oxygen atoms in total. The van der Waals surface area contributed by atoms with Gasteiger partial charge in [0.25, 0.3) is 5.89 Å². The predicted molar refractivity (Wildman–Crippen MR) is 60.9 cm³/mol. The highest BCUT2D eigenvalue weighted by Crippen LogP contribution is 2.31. The normalized spacial score (nSPS) is 10.4. The van der Waals surface area contributed by atoms with Gasteiger partial charge in [-0.05, 0) is 18.2 Å². The first-order valence-corrected chi connectivity index (χ1v) is 5.38. The molecule has 1 aromatic heterocycles. The Hall–Kier alpha value is -1.26. The molecule has 0 aliphatic carbocycles. The molecular formula is C10H8Cl2N2O2. The van der Waals surface area contributed by atoms with Crippen molar-refractivity contribution in [3.63, 3.8) is 0 Å². The molecule has 84 valence electrons. The molecule has 0 unspecified atom stereocenters. The monoisotopic (exact) mass is 258 g/mol. The predicted octanol–water partition coefficient (Wildman–Crippen LogP) is 3.14. The zero-order valence-electron chi connectivity index (χ0n) is 8.41. The van der Waals surface area contributed by atoms with E-state index >= 15 is 0 Å². The summed E-state index contributed by atoms with van der Waals surface area (Å²) in [6.07, 6.45) is 0. The summed E-state index contributed by atoms with van der Waals surface area (Å²) in [6, 6.07) is 5.16. The highest BCUT2D eigenvalue weighted by atomic mass is 35.5. The Balaban J connectivity index is 2.46. The lowest BCUT2D eigenvalue weighted by atomic mass is 10.2. The van der Waals surface area contributed by atoms with Gasteiger partial charge in [-0.1, -0.05) is 11.6 Å². The molecule has 1 heterocycles. The first-order valence-electron chi connectivity index (χ1n) is 4.47. The molecule has 0 spiro atoms. The van der Waals surface area contributed by atoms with Gasteiger partial charge in [-0.3, -0.25) is 0 Å². The highest BCUT2D eigenvalue weighted by Gasteiger charge is 2.13. The third kappa shape index (κ3) is 2.13. The number of hydrogen-bond donors (Lipinski definition) is 0. The van der Waals surface area contributed by atoms with Crippen molar-refractivity contribution in [1.29, 1.82) is 0 Å². The molecule has 6 heteroatoms. The van der Waals surface area contributed by atoms with Crippen molar-refractivity contribution in [3.05, 3.63) is 29.1 Å². The van der Waals surface area contributed by atoms with Crippen molar-refractivity contribution >= 4 is 23.2 Å². The summed E-state index contributed by atoms with van der Waals surface area (Å²) in [4.78, 5) is 0. The van der Waals surface area contributed by atoms with Gasteiger partial charge in [0.2, 0.25) is 5.89 Å².